The normalized spacial score (nSPS) is 28.5. The molecule has 29 heavy (non-hydrogen) atoms. The maximum Gasteiger partial charge on any atom is 0.328 e. The van der Waals surface area contributed by atoms with Gasteiger partial charge in [0.1, 0.15) is 5.83 Å². The predicted octanol–water partition coefficient (Wildman–Crippen LogP) is 1.87. The summed E-state index contributed by atoms with van der Waals surface area (Å²) in [5, 5.41) is 0. The molecule has 0 amide bonds. The Morgan fingerprint density at radius 3 is 2.55 bits per heavy atom. The quantitative estimate of drug-likeness (QED) is 0.747. The minimum atomic E-state index is -0.844. The molecule has 1 aromatic heterocycles. The second-order valence-corrected chi connectivity index (χ2v) is 8.61. The van der Waals surface area contributed by atoms with Gasteiger partial charge in [0.25, 0.3) is 5.56 Å². The van der Waals surface area contributed by atoms with Crippen molar-refractivity contribution in [1.82, 2.24) is 14.5 Å². The van der Waals surface area contributed by atoms with Gasteiger partial charge in [-0.25, -0.2) is 9.18 Å². The van der Waals surface area contributed by atoms with Crippen LogP contribution in [-0.4, -0.2) is 53.0 Å². The van der Waals surface area contributed by atoms with Crippen LogP contribution in [-0.2, 0) is 0 Å². The largest absolute Gasteiger partial charge is 0.328 e. The summed E-state index contributed by atoms with van der Waals surface area (Å²) >= 11 is 0. The van der Waals surface area contributed by atoms with Gasteiger partial charge < -0.3 is 5.73 Å². The number of halogens is 3. The zero-order chi connectivity index (χ0) is 20.9. The van der Waals surface area contributed by atoms with Crippen molar-refractivity contribution < 1.29 is 13.2 Å². The van der Waals surface area contributed by atoms with Gasteiger partial charge in [0.05, 0.1) is 25.0 Å². The Kier molecular flexibility index (Phi) is 5.46. The van der Waals surface area contributed by atoms with Gasteiger partial charge in [-0.05, 0) is 37.8 Å². The molecule has 0 bridgehead atoms. The van der Waals surface area contributed by atoms with Crippen LogP contribution in [0.25, 0.3) is 6.08 Å². The molecular weight excluding hydrogens is 385 g/mol. The van der Waals surface area contributed by atoms with Crippen LogP contribution >= 0.6 is 0 Å². The van der Waals surface area contributed by atoms with Crippen molar-refractivity contribution in [2.45, 2.75) is 50.2 Å². The fourth-order valence-corrected chi connectivity index (χ4v) is 5.00. The summed E-state index contributed by atoms with van der Waals surface area (Å²) < 4.78 is 42.8. The number of aromatic nitrogens is 2. The lowest BCUT2D eigenvalue weighted by Crippen LogP contribution is -2.46. The summed E-state index contributed by atoms with van der Waals surface area (Å²) in [6.45, 7) is 1.18. The molecular formula is C20H27F3N4O2. The zero-order valence-corrected chi connectivity index (χ0v) is 16.4. The summed E-state index contributed by atoms with van der Waals surface area (Å²) in [6, 6.07) is -1.21. The van der Waals surface area contributed by atoms with E-state index in [2.05, 4.69) is 4.98 Å². The highest BCUT2D eigenvalue weighted by atomic mass is 19.1. The van der Waals surface area contributed by atoms with Crippen molar-refractivity contribution >= 4 is 6.08 Å². The maximum absolute atomic E-state index is 15.1. The van der Waals surface area contributed by atoms with E-state index in [0.717, 1.165) is 12.8 Å². The minimum Gasteiger partial charge on any atom is -0.327 e. The van der Waals surface area contributed by atoms with Gasteiger partial charge in [-0.2, -0.15) is 0 Å². The SMILES string of the molecule is CC1c2c(c(=O)[nH]c(=O)n2C2CC2)C=C(F)C1N1CCC(C(N)C(CF)CF)C1. The van der Waals surface area contributed by atoms with Gasteiger partial charge in [-0.15, -0.1) is 0 Å². The third-order valence-corrected chi connectivity index (χ3v) is 6.74. The molecule has 0 aromatic carbocycles. The number of nitrogens with one attached hydrogen (secondary N) is 1. The second-order valence-electron chi connectivity index (χ2n) is 8.61. The first-order valence-electron chi connectivity index (χ1n) is 10.2. The molecule has 9 heteroatoms. The van der Waals surface area contributed by atoms with Crippen LogP contribution in [0.5, 0.6) is 0 Å². The molecule has 2 fully saturated rings. The smallest absolute Gasteiger partial charge is 0.327 e. The topological polar surface area (TPSA) is 84.1 Å². The number of alkyl halides is 2. The highest BCUT2D eigenvalue weighted by molar-refractivity contribution is 5.59. The molecule has 4 atom stereocenters. The van der Waals surface area contributed by atoms with Gasteiger partial charge in [-0.3, -0.25) is 28.0 Å². The number of nitrogens with two attached hydrogens (primary N) is 1. The number of hydrogen-bond donors (Lipinski definition) is 2. The van der Waals surface area contributed by atoms with E-state index in [-0.39, 0.29) is 17.5 Å². The molecule has 1 saturated carbocycles. The van der Waals surface area contributed by atoms with Gasteiger partial charge >= 0.3 is 5.69 Å². The van der Waals surface area contributed by atoms with E-state index in [9.17, 15) is 18.4 Å². The average Bonchev–Trinajstić information content (AvgIpc) is 3.40. The lowest BCUT2D eigenvalue weighted by atomic mass is 9.86. The van der Waals surface area contributed by atoms with Crippen LogP contribution < -0.4 is 17.0 Å². The molecule has 6 nitrogen and oxygen atoms in total. The standard InChI is InChI=1S/C20H27F3N4O2/c1-10-17-14(19(28)25-20(29)27(17)13-2-3-13)6-15(23)18(10)26-5-4-11(9-26)16(24)12(7-21)8-22/h6,10-13,16,18H,2-5,7-9,24H2,1H3,(H,25,28,29). The molecule has 2 heterocycles. The minimum absolute atomic E-state index is 0.0420. The summed E-state index contributed by atoms with van der Waals surface area (Å²) in [5.41, 5.74) is 5.85. The average molecular weight is 412 g/mol. The van der Waals surface area contributed by atoms with Crippen molar-refractivity contribution in [3.05, 3.63) is 37.9 Å². The van der Waals surface area contributed by atoms with Crippen molar-refractivity contribution in [1.29, 1.82) is 0 Å². The Labute approximate surface area is 166 Å². The fraction of sp³-hybridized carbons (Fsp3) is 0.700. The van der Waals surface area contributed by atoms with Crippen molar-refractivity contribution in [3.63, 3.8) is 0 Å². The monoisotopic (exact) mass is 412 g/mol. The molecule has 3 aliphatic rings. The highest BCUT2D eigenvalue weighted by Crippen LogP contribution is 2.42. The second kappa shape index (κ2) is 7.75. The Morgan fingerprint density at radius 1 is 1.24 bits per heavy atom. The number of rotatable bonds is 6. The van der Waals surface area contributed by atoms with Crippen molar-refractivity contribution in [2.75, 3.05) is 26.4 Å². The number of nitrogens with zero attached hydrogens (tertiary/aromatic N) is 2. The lowest BCUT2D eigenvalue weighted by molar-refractivity contribution is 0.181. The number of H-pyrrole nitrogens is 1. The zero-order valence-electron chi connectivity index (χ0n) is 16.4. The van der Waals surface area contributed by atoms with E-state index in [4.69, 9.17) is 5.73 Å². The summed E-state index contributed by atoms with van der Waals surface area (Å²) in [6.07, 6.45) is 3.58. The molecule has 0 spiro atoms. The van der Waals surface area contributed by atoms with Gasteiger partial charge in [-0.1, -0.05) is 6.92 Å². The third-order valence-electron chi connectivity index (χ3n) is 6.74. The first-order valence-corrected chi connectivity index (χ1v) is 10.2. The summed E-state index contributed by atoms with van der Waals surface area (Å²) in [4.78, 5) is 29.0. The highest BCUT2D eigenvalue weighted by Gasteiger charge is 2.43. The van der Waals surface area contributed by atoms with E-state index in [1.54, 1.807) is 4.57 Å². The molecule has 0 radical (unpaired) electrons. The van der Waals surface area contributed by atoms with Crippen molar-refractivity contribution in [3.8, 4) is 0 Å². The van der Waals surface area contributed by atoms with Crippen LogP contribution in [0.1, 0.15) is 49.4 Å². The predicted molar refractivity (Wildman–Crippen MR) is 104 cm³/mol. The van der Waals surface area contributed by atoms with E-state index >= 15 is 4.39 Å². The Balaban J connectivity index is 1.64. The molecule has 4 unspecified atom stereocenters. The van der Waals surface area contributed by atoms with Gasteiger partial charge in [0, 0.05) is 36.2 Å². The van der Waals surface area contributed by atoms with Crippen molar-refractivity contribution in [2.24, 2.45) is 17.6 Å². The van der Waals surface area contributed by atoms with Crippen LogP contribution in [0, 0.1) is 11.8 Å². The molecule has 1 saturated heterocycles. The van der Waals surface area contributed by atoms with E-state index in [1.165, 1.54) is 6.08 Å². The Bertz CT molecular complexity index is 919. The number of likely N-dealkylation sites (tertiary alicyclic amines) is 1. The van der Waals surface area contributed by atoms with E-state index in [0.29, 0.717) is 25.2 Å². The van der Waals surface area contributed by atoms with Crippen LogP contribution in [0.15, 0.2) is 15.4 Å². The summed E-state index contributed by atoms with van der Waals surface area (Å²) in [5.74, 6) is -1.81. The van der Waals surface area contributed by atoms with E-state index < -0.39 is 54.3 Å². The first-order chi connectivity index (χ1) is 13.9. The summed E-state index contributed by atoms with van der Waals surface area (Å²) in [7, 11) is 0. The molecule has 4 rings (SSSR count). The maximum atomic E-state index is 15.1. The molecule has 160 valence electrons. The number of fused-ring (bicyclic) bond motifs is 1. The molecule has 3 N–H and O–H groups in total. The molecule has 1 aromatic rings. The number of hydrogen-bond acceptors (Lipinski definition) is 4. The van der Waals surface area contributed by atoms with Gasteiger partial charge in [0.15, 0.2) is 0 Å². The first kappa shape index (κ1) is 20.4. The molecule has 1 aliphatic heterocycles. The van der Waals surface area contributed by atoms with Gasteiger partial charge in [0.2, 0.25) is 0 Å². The fourth-order valence-electron chi connectivity index (χ4n) is 5.00. The van der Waals surface area contributed by atoms with Crippen LogP contribution in [0.3, 0.4) is 0 Å². The van der Waals surface area contributed by atoms with Crippen LogP contribution in [0.4, 0.5) is 13.2 Å². The third kappa shape index (κ3) is 3.48. The Morgan fingerprint density at radius 2 is 1.93 bits per heavy atom. The lowest BCUT2D eigenvalue weighted by Gasteiger charge is -2.36. The number of aromatic amines is 1. The van der Waals surface area contributed by atoms with Crippen LogP contribution in [0.2, 0.25) is 0 Å². The Hall–Kier alpha value is -1.87. The van der Waals surface area contributed by atoms with E-state index in [1.807, 2.05) is 11.8 Å². The molecule has 2 aliphatic carbocycles.